The average molecular weight is 495 g/mol. The molecule has 7 heteroatoms. The van der Waals surface area contributed by atoms with Gasteiger partial charge in [0.15, 0.2) is 5.78 Å². The number of fused-ring (bicyclic) bond motifs is 1. The van der Waals surface area contributed by atoms with Gasteiger partial charge >= 0.3 is 0 Å². The summed E-state index contributed by atoms with van der Waals surface area (Å²) in [5.41, 5.74) is 5.06. The lowest BCUT2D eigenvalue weighted by Gasteiger charge is -2.31. The second-order valence-corrected chi connectivity index (χ2v) is 9.20. The summed E-state index contributed by atoms with van der Waals surface area (Å²) in [7, 11) is 3.27. The highest BCUT2D eigenvalue weighted by atomic mass is 35.5. The van der Waals surface area contributed by atoms with Crippen LogP contribution in [0.25, 0.3) is 0 Å². The Morgan fingerprint density at radius 3 is 2.44 bits per heavy atom. The largest absolute Gasteiger partial charge is 0.497 e. The summed E-state index contributed by atoms with van der Waals surface area (Å²) in [4.78, 5) is 13.8. The maximum atomic E-state index is 13.8. The minimum absolute atomic E-state index is 0.0463. The predicted molar refractivity (Wildman–Crippen MR) is 136 cm³/mol. The van der Waals surface area contributed by atoms with E-state index < -0.39 is 6.04 Å². The summed E-state index contributed by atoms with van der Waals surface area (Å²) < 4.78 is 11.1. The van der Waals surface area contributed by atoms with Crippen molar-refractivity contribution < 1.29 is 14.3 Å². The van der Waals surface area contributed by atoms with Crippen molar-refractivity contribution in [2.45, 2.75) is 24.8 Å². The van der Waals surface area contributed by atoms with Crippen LogP contribution in [0.2, 0.25) is 10.0 Å². The van der Waals surface area contributed by atoms with E-state index in [1.165, 1.54) is 0 Å². The molecule has 2 unspecified atom stereocenters. The van der Waals surface area contributed by atoms with E-state index in [1.807, 2.05) is 54.6 Å². The summed E-state index contributed by atoms with van der Waals surface area (Å²) in [5, 5.41) is 7.98. The van der Waals surface area contributed by atoms with Crippen molar-refractivity contribution in [3.63, 3.8) is 0 Å². The minimum atomic E-state index is -0.432. The van der Waals surface area contributed by atoms with Gasteiger partial charge in [-0.2, -0.15) is 0 Å². The third kappa shape index (κ3) is 3.99. The van der Waals surface area contributed by atoms with Gasteiger partial charge in [-0.25, -0.2) is 0 Å². The highest BCUT2D eigenvalue weighted by molar-refractivity contribution is 6.42. The Morgan fingerprint density at radius 2 is 1.68 bits per heavy atom. The quantitative estimate of drug-likeness (QED) is 0.409. The molecule has 0 fully saturated rings. The fraction of sp³-hybridized carbons (Fsp3) is 0.222. The number of ketones is 1. The van der Waals surface area contributed by atoms with Crippen LogP contribution < -0.4 is 20.1 Å². The predicted octanol–water partition coefficient (Wildman–Crippen LogP) is 6.99. The Kier molecular flexibility index (Phi) is 6.15. The summed E-state index contributed by atoms with van der Waals surface area (Å²) in [6.45, 7) is 0. The standard InChI is InChI=1S/C27H24Cl2N2O3/c1-33-16-10-11-24(34-2)18(14-16)15-12-22-25(23(32)13-15)27(17-6-5-7-19(28)26(17)29)31-21-9-4-3-8-20(21)30-22/h3-11,14-15,27,30-31H,12-13H2,1-2H3. The summed E-state index contributed by atoms with van der Waals surface area (Å²) in [5.74, 6) is 1.45. The number of halogens is 2. The van der Waals surface area contributed by atoms with Crippen molar-refractivity contribution in [3.8, 4) is 11.5 Å². The molecule has 3 aromatic carbocycles. The normalized spacial score (nSPS) is 19.4. The number of carbonyl (C=O) groups is 1. The number of anilines is 2. The van der Waals surface area contributed by atoms with Crippen LogP contribution in [0.1, 0.15) is 35.9 Å². The van der Waals surface area contributed by atoms with Gasteiger partial charge in [0, 0.05) is 29.2 Å². The zero-order chi connectivity index (χ0) is 23.8. The van der Waals surface area contributed by atoms with Crippen molar-refractivity contribution in [3.05, 3.63) is 93.1 Å². The summed E-state index contributed by atoms with van der Waals surface area (Å²) in [6, 6.07) is 18.7. The van der Waals surface area contributed by atoms with Crippen LogP contribution in [0.5, 0.6) is 11.5 Å². The van der Waals surface area contributed by atoms with Crippen LogP contribution in [0.3, 0.4) is 0 Å². The van der Waals surface area contributed by atoms with Crippen molar-refractivity contribution >= 4 is 40.4 Å². The molecule has 2 atom stereocenters. The van der Waals surface area contributed by atoms with E-state index in [2.05, 4.69) is 10.6 Å². The lowest BCUT2D eigenvalue weighted by atomic mass is 9.78. The highest BCUT2D eigenvalue weighted by Gasteiger charge is 2.37. The molecule has 2 N–H and O–H groups in total. The number of allylic oxidation sites excluding steroid dienone is 1. The molecule has 0 bridgehead atoms. The zero-order valence-corrected chi connectivity index (χ0v) is 20.3. The Morgan fingerprint density at radius 1 is 0.882 bits per heavy atom. The van der Waals surface area contributed by atoms with E-state index >= 15 is 0 Å². The molecule has 0 spiro atoms. The molecule has 0 radical (unpaired) electrons. The van der Waals surface area contributed by atoms with Gasteiger partial charge in [-0.1, -0.05) is 47.5 Å². The number of Topliss-reactive ketones (excluding diaryl/α,β-unsaturated/α-hetero) is 1. The zero-order valence-electron chi connectivity index (χ0n) is 18.8. The molecule has 1 aliphatic heterocycles. The van der Waals surface area contributed by atoms with Crippen LogP contribution in [0, 0.1) is 0 Å². The molecule has 0 amide bonds. The average Bonchev–Trinajstić information content (AvgIpc) is 3.02. The number of para-hydroxylation sites is 2. The maximum absolute atomic E-state index is 13.8. The van der Waals surface area contributed by atoms with Gasteiger partial charge in [0.05, 0.1) is 41.7 Å². The first-order valence-electron chi connectivity index (χ1n) is 11.0. The molecule has 1 heterocycles. The monoisotopic (exact) mass is 494 g/mol. The third-order valence-corrected chi connectivity index (χ3v) is 7.31. The van der Waals surface area contributed by atoms with Crippen LogP contribution >= 0.6 is 23.2 Å². The molecule has 5 nitrogen and oxygen atoms in total. The van der Waals surface area contributed by atoms with E-state index in [0.717, 1.165) is 39.7 Å². The number of ether oxygens (including phenoxy) is 2. The number of rotatable bonds is 4. The Bertz CT molecular complexity index is 1300. The molecular formula is C27H24Cl2N2O3. The molecular weight excluding hydrogens is 471 g/mol. The van der Waals surface area contributed by atoms with Gasteiger partial charge in [0.25, 0.3) is 0 Å². The third-order valence-electron chi connectivity index (χ3n) is 6.48. The first-order chi connectivity index (χ1) is 16.5. The van der Waals surface area contributed by atoms with Crippen LogP contribution in [0.4, 0.5) is 11.4 Å². The molecule has 0 saturated carbocycles. The second-order valence-electron chi connectivity index (χ2n) is 8.42. The van der Waals surface area contributed by atoms with Gasteiger partial charge in [0.2, 0.25) is 0 Å². The molecule has 34 heavy (non-hydrogen) atoms. The van der Waals surface area contributed by atoms with E-state index in [-0.39, 0.29) is 11.7 Å². The maximum Gasteiger partial charge on any atom is 0.163 e. The SMILES string of the molecule is COc1ccc(OC)c(C2CC(=O)C3=C(C2)Nc2ccccc2NC3c2cccc(Cl)c2Cl)c1. The lowest BCUT2D eigenvalue weighted by Crippen LogP contribution is -2.27. The van der Waals surface area contributed by atoms with Gasteiger partial charge in [0.1, 0.15) is 11.5 Å². The van der Waals surface area contributed by atoms with Gasteiger partial charge in [-0.05, 0) is 48.4 Å². The highest BCUT2D eigenvalue weighted by Crippen LogP contribution is 2.47. The molecule has 2 aliphatic rings. The topological polar surface area (TPSA) is 59.6 Å². The molecule has 0 aromatic heterocycles. The number of benzene rings is 3. The van der Waals surface area contributed by atoms with Crippen LogP contribution in [-0.4, -0.2) is 20.0 Å². The fourth-order valence-corrected chi connectivity index (χ4v) is 5.26. The van der Waals surface area contributed by atoms with Crippen molar-refractivity contribution in [1.29, 1.82) is 0 Å². The van der Waals surface area contributed by atoms with Crippen LogP contribution in [-0.2, 0) is 4.79 Å². The number of carbonyl (C=O) groups excluding carboxylic acids is 1. The van der Waals surface area contributed by atoms with Gasteiger partial charge in [-0.3, -0.25) is 4.79 Å². The molecule has 0 saturated heterocycles. The first-order valence-corrected chi connectivity index (χ1v) is 11.8. The Labute approximate surface area is 208 Å². The smallest absolute Gasteiger partial charge is 0.163 e. The number of hydrogen-bond acceptors (Lipinski definition) is 5. The van der Waals surface area contributed by atoms with Crippen molar-refractivity contribution in [2.75, 3.05) is 24.9 Å². The lowest BCUT2D eigenvalue weighted by molar-refractivity contribution is -0.116. The second kappa shape index (κ2) is 9.24. The van der Waals surface area contributed by atoms with E-state index in [9.17, 15) is 4.79 Å². The van der Waals surface area contributed by atoms with Crippen molar-refractivity contribution in [1.82, 2.24) is 0 Å². The molecule has 5 rings (SSSR count). The summed E-state index contributed by atoms with van der Waals surface area (Å²) in [6.07, 6.45) is 0.978. The summed E-state index contributed by atoms with van der Waals surface area (Å²) >= 11 is 13.0. The number of hydrogen-bond donors (Lipinski definition) is 2. The minimum Gasteiger partial charge on any atom is -0.497 e. The van der Waals surface area contributed by atoms with E-state index in [4.69, 9.17) is 32.7 Å². The van der Waals surface area contributed by atoms with Crippen LogP contribution in [0.15, 0.2) is 71.9 Å². The molecule has 174 valence electrons. The van der Waals surface area contributed by atoms with E-state index in [1.54, 1.807) is 20.3 Å². The molecule has 3 aromatic rings. The Hall–Kier alpha value is -3.15. The molecule has 1 aliphatic carbocycles. The number of methoxy groups -OCH3 is 2. The van der Waals surface area contributed by atoms with Gasteiger partial charge in [-0.15, -0.1) is 0 Å². The first kappa shape index (κ1) is 22.6. The number of nitrogens with one attached hydrogen (secondary N) is 2. The van der Waals surface area contributed by atoms with Gasteiger partial charge < -0.3 is 20.1 Å². The van der Waals surface area contributed by atoms with E-state index in [0.29, 0.717) is 28.5 Å². The fourth-order valence-electron chi connectivity index (χ4n) is 4.85. The Balaban J connectivity index is 1.64. The van der Waals surface area contributed by atoms with Crippen molar-refractivity contribution in [2.24, 2.45) is 0 Å².